The molecule has 0 unspecified atom stereocenters. The number of likely N-dealkylation sites (tertiary alicyclic amines) is 1. The molecule has 0 bridgehead atoms. The van der Waals surface area contributed by atoms with Gasteiger partial charge in [-0.15, -0.1) is 0 Å². The van der Waals surface area contributed by atoms with Gasteiger partial charge >= 0.3 is 0 Å². The Kier molecular flexibility index (Phi) is 3.88. The molecule has 2 saturated carbocycles. The van der Waals surface area contributed by atoms with Crippen LogP contribution in [0.5, 0.6) is 0 Å². The third kappa shape index (κ3) is 2.87. The number of carbonyl (C=O) groups excluding carboxylic acids is 1. The van der Waals surface area contributed by atoms with E-state index in [9.17, 15) is 4.79 Å². The molecule has 3 heteroatoms. The summed E-state index contributed by atoms with van der Waals surface area (Å²) in [5.41, 5.74) is 0. The Morgan fingerprint density at radius 1 is 1.00 bits per heavy atom. The molecule has 0 aromatic heterocycles. The lowest BCUT2D eigenvalue weighted by atomic mass is 9.84. The predicted octanol–water partition coefficient (Wildman–Crippen LogP) is 2.17. The van der Waals surface area contributed by atoms with Crippen LogP contribution in [0.4, 0.5) is 0 Å². The Labute approximate surface area is 110 Å². The first-order chi connectivity index (χ1) is 8.81. The predicted molar refractivity (Wildman–Crippen MR) is 72.3 cm³/mol. The molecular weight excluding hydrogens is 224 g/mol. The van der Waals surface area contributed by atoms with Crippen molar-refractivity contribution in [3.63, 3.8) is 0 Å². The maximum Gasteiger partial charge on any atom is 0.223 e. The van der Waals surface area contributed by atoms with Crippen LogP contribution in [-0.2, 0) is 4.79 Å². The third-order valence-electron chi connectivity index (χ3n) is 5.15. The summed E-state index contributed by atoms with van der Waals surface area (Å²) in [5.74, 6) is 1.66. The molecule has 0 aromatic rings. The zero-order chi connectivity index (χ0) is 12.4. The van der Waals surface area contributed by atoms with E-state index in [-0.39, 0.29) is 0 Å². The number of nitrogens with zero attached hydrogens (tertiary/aromatic N) is 1. The van der Waals surface area contributed by atoms with E-state index < -0.39 is 0 Å². The van der Waals surface area contributed by atoms with E-state index in [1.807, 2.05) is 0 Å². The summed E-state index contributed by atoms with van der Waals surface area (Å²) in [5, 5.41) is 3.26. The lowest BCUT2D eigenvalue weighted by Crippen LogP contribution is -2.48. The highest BCUT2D eigenvalue weighted by molar-refractivity contribution is 5.79. The van der Waals surface area contributed by atoms with E-state index in [0.29, 0.717) is 17.9 Å². The average molecular weight is 250 g/mol. The van der Waals surface area contributed by atoms with Crippen molar-refractivity contribution in [1.82, 2.24) is 10.2 Å². The molecule has 0 spiro atoms. The molecule has 3 rings (SSSR count). The van der Waals surface area contributed by atoms with Crippen molar-refractivity contribution in [3.05, 3.63) is 0 Å². The smallest absolute Gasteiger partial charge is 0.223 e. The monoisotopic (exact) mass is 250 g/mol. The summed E-state index contributed by atoms with van der Waals surface area (Å²) in [6.07, 6.45) is 10.1. The number of amides is 1. The minimum atomic E-state index is 0.332. The summed E-state index contributed by atoms with van der Waals surface area (Å²) in [7, 11) is 0. The first-order valence-corrected chi connectivity index (χ1v) is 7.84. The van der Waals surface area contributed by atoms with Crippen molar-refractivity contribution in [1.29, 1.82) is 0 Å². The molecule has 3 fully saturated rings. The molecule has 1 N–H and O–H groups in total. The maximum atomic E-state index is 11.9. The van der Waals surface area contributed by atoms with Gasteiger partial charge in [-0.2, -0.15) is 0 Å². The van der Waals surface area contributed by atoms with E-state index >= 15 is 0 Å². The van der Waals surface area contributed by atoms with E-state index in [0.717, 1.165) is 31.6 Å². The van der Waals surface area contributed by atoms with Gasteiger partial charge in [0.15, 0.2) is 0 Å². The Hall–Kier alpha value is -0.570. The highest BCUT2D eigenvalue weighted by Crippen LogP contribution is 2.29. The number of hydrogen-bond donors (Lipinski definition) is 1. The van der Waals surface area contributed by atoms with Gasteiger partial charge in [0.2, 0.25) is 5.91 Å². The molecule has 1 amide bonds. The van der Waals surface area contributed by atoms with Crippen LogP contribution in [0.3, 0.4) is 0 Å². The summed E-state index contributed by atoms with van der Waals surface area (Å²) in [4.78, 5) is 14.5. The lowest BCUT2D eigenvalue weighted by molar-refractivity contribution is -0.128. The Morgan fingerprint density at radius 2 is 1.67 bits per heavy atom. The van der Waals surface area contributed by atoms with Gasteiger partial charge in [-0.25, -0.2) is 0 Å². The van der Waals surface area contributed by atoms with E-state index in [4.69, 9.17) is 0 Å². The zero-order valence-electron chi connectivity index (χ0n) is 11.4. The van der Waals surface area contributed by atoms with E-state index in [2.05, 4.69) is 10.2 Å². The Balaban J connectivity index is 1.35. The quantitative estimate of drug-likeness (QED) is 0.829. The van der Waals surface area contributed by atoms with E-state index in [1.54, 1.807) is 0 Å². The molecule has 1 aliphatic heterocycles. The average Bonchev–Trinajstić information content (AvgIpc) is 2.23. The highest BCUT2D eigenvalue weighted by atomic mass is 16.2. The minimum absolute atomic E-state index is 0.332. The molecular formula is C15H26N2O. The number of hydrogen-bond acceptors (Lipinski definition) is 2. The van der Waals surface area contributed by atoms with Gasteiger partial charge in [0, 0.05) is 31.6 Å². The van der Waals surface area contributed by atoms with Crippen molar-refractivity contribution in [2.24, 2.45) is 11.8 Å². The molecule has 3 nitrogen and oxygen atoms in total. The third-order valence-corrected chi connectivity index (χ3v) is 5.15. The first kappa shape index (κ1) is 12.5. The fourth-order valence-corrected chi connectivity index (χ4v) is 3.29. The summed E-state index contributed by atoms with van der Waals surface area (Å²) < 4.78 is 0. The molecule has 0 aromatic carbocycles. The van der Waals surface area contributed by atoms with Crippen molar-refractivity contribution in [2.45, 2.75) is 57.4 Å². The van der Waals surface area contributed by atoms with Crippen molar-refractivity contribution < 1.29 is 4.79 Å². The fourth-order valence-electron chi connectivity index (χ4n) is 3.29. The molecule has 1 heterocycles. The fraction of sp³-hybridized carbons (Fsp3) is 0.933. The number of carbonyl (C=O) groups is 1. The summed E-state index contributed by atoms with van der Waals surface area (Å²) in [6.45, 7) is 3.68. The maximum absolute atomic E-state index is 11.9. The van der Waals surface area contributed by atoms with Gasteiger partial charge in [-0.1, -0.05) is 12.8 Å². The van der Waals surface area contributed by atoms with Crippen LogP contribution in [0, 0.1) is 11.8 Å². The summed E-state index contributed by atoms with van der Waals surface area (Å²) >= 11 is 0. The van der Waals surface area contributed by atoms with Crippen LogP contribution in [0.25, 0.3) is 0 Å². The van der Waals surface area contributed by atoms with E-state index in [1.165, 1.54) is 45.3 Å². The van der Waals surface area contributed by atoms with Crippen molar-refractivity contribution in [3.8, 4) is 0 Å². The second-order valence-electron chi connectivity index (χ2n) is 6.51. The van der Waals surface area contributed by atoms with Gasteiger partial charge in [-0.05, 0) is 44.4 Å². The molecule has 0 atom stereocenters. The van der Waals surface area contributed by atoms with Crippen LogP contribution in [0.1, 0.15) is 51.4 Å². The van der Waals surface area contributed by atoms with Crippen LogP contribution >= 0.6 is 0 Å². The Bertz CT molecular complexity index is 289. The second kappa shape index (κ2) is 5.60. The van der Waals surface area contributed by atoms with Crippen LogP contribution in [-0.4, -0.2) is 36.5 Å². The number of nitrogens with one attached hydrogen (secondary N) is 1. The van der Waals surface area contributed by atoms with Gasteiger partial charge in [0.1, 0.15) is 0 Å². The standard InChI is InChI=1S/C15H26N2O/c18-15(13-5-2-6-13)16-14-7-9-17(10-8-14)11-12-3-1-4-12/h12-14H,1-11H2,(H,16,18). The zero-order valence-corrected chi connectivity index (χ0v) is 11.4. The molecule has 18 heavy (non-hydrogen) atoms. The minimum Gasteiger partial charge on any atom is -0.353 e. The summed E-state index contributed by atoms with van der Waals surface area (Å²) in [6, 6.07) is 0.454. The van der Waals surface area contributed by atoms with Crippen molar-refractivity contribution >= 4 is 5.91 Å². The largest absolute Gasteiger partial charge is 0.353 e. The highest BCUT2D eigenvalue weighted by Gasteiger charge is 2.29. The first-order valence-electron chi connectivity index (χ1n) is 7.84. The van der Waals surface area contributed by atoms with Crippen molar-refractivity contribution in [2.75, 3.05) is 19.6 Å². The van der Waals surface area contributed by atoms with Crippen LogP contribution < -0.4 is 5.32 Å². The topological polar surface area (TPSA) is 32.3 Å². The van der Waals surface area contributed by atoms with Crippen LogP contribution in [0.2, 0.25) is 0 Å². The van der Waals surface area contributed by atoms with Crippen LogP contribution in [0.15, 0.2) is 0 Å². The number of piperidine rings is 1. The number of rotatable bonds is 4. The molecule has 1 saturated heterocycles. The second-order valence-corrected chi connectivity index (χ2v) is 6.51. The molecule has 0 radical (unpaired) electrons. The van der Waals surface area contributed by atoms with Gasteiger partial charge in [0.05, 0.1) is 0 Å². The SMILES string of the molecule is O=C(NC1CCN(CC2CCC2)CC1)C1CCC1. The lowest BCUT2D eigenvalue weighted by Gasteiger charge is -2.37. The van der Waals surface area contributed by atoms with Gasteiger partial charge < -0.3 is 10.2 Å². The molecule has 102 valence electrons. The van der Waals surface area contributed by atoms with Gasteiger partial charge in [-0.3, -0.25) is 4.79 Å². The Morgan fingerprint density at radius 3 is 2.17 bits per heavy atom. The van der Waals surface area contributed by atoms with Gasteiger partial charge in [0.25, 0.3) is 0 Å². The molecule has 2 aliphatic carbocycles. The normalized spacial score (nSPS) is 27.6. The molecule has 3 aliphatic rings.